The van der Waals surface area contributed by atoms with E-state index >= 15 is 0 Å². The van der Waals surface area contributed by atoms with E-state index in [2.05, 4.69) is 36.4 Å². The minimum Gasteiger partial charge on any atom is -0.364 e. The molecular formula is C23H34N3OS3+. The van der Waals surface area contributed by atoms with Gasteiger partial charge < -0.3 is 4.90 Å². The second-order valence-corrected chi connectivity index (χ2v) is 12.5. The normalized spacial score (nSPS) is 34.0. The SMILES string of the molecule is CCn1c(=O)/c(=C2/SC3CCC4CCCCC4C3N2C)s/c1=C/C1=[N+](CC)CCS1. The zero-order chi connectivity index (χ0) is 20.8. The number of hydrogen-bond donors (Lipinski definition) is 0. The number of thiazole rings is 1. The van der Waals surface area contributed by atoms with Crippen molar-refractivity contribution in [2.24, 2.45) is 11.8 Å². The minimum atomic E-state index is 0.216. The smallest absolute Gasteiger partial charge is 0.271 e. The van der Waals surface area contributed by atoms with Crippen LogP contribution in [0.3, 0.4) is 0 Å². The van der Waals surface area contributed by atoms with E-state index in [1.807, 2.05) is 28.1 Å². The van der Waals surface area contributed by atoms with E-state index in [1.54, 1.807) is 11.3 Å². The highest BCUT2D eigenvalue weighted by atomic mass is 32.2. The second-order valence-electron chi connectivity index (χ2n) is 9.08. The van der Waals surface area contributed by atoms with Crippen molar-refractivity contribution in [3.8, 4) is 0 Å². The molecule has 2 aliphatic carbocycles. The standard InChI is InChI=1S/C23H34N3OS3/c1-4-25-12-13-28-18(25)14-19-26(5-2)22(27)21(30-19)23-24(3)20-16-9-7-6-8-15(16)10-11-17(20)29-23/h14-17,20H,4-13H2,1-3H3/q+1/b23-21-. The van der Waals surface area contributed by atoms with E-state index in [9.17, 15) is 4.79 Å². The van der Waals surface area contributed by atoms with E-state index in [0.29, 0.717) is 11.3 Å². The van der Waals surface area contributed by atoms with Crippen LogP contribution in [0.15, 0.2) is 4.79 Å². The lowest BCUT2D eigenvalue weighted by molar-refractivity contribution is -0.512. The van der Waals surface area contributed by atoms with Crippen LogP contribution in [-0.4, -0.2) is 56.3 Å². The van der Waals surface area contributed by atoms with Crippen molar-refractivity contribution in [3.05, 3.63) is 19.5 Å². The molecule has 3 heterocycles. The Morgan fingerprint density at radius 1 is 1.17 bits per heavy atom. The van der Waals surface area contributed by atoms with Crippen LogP contribution < -0.4 is 14.8 Å². The predicted octanol–water partition coefficient (Wildman–Crippen LogP) is 2.97. The summed E-state index contributed by atoms with van der Waals surface area (Å²) in [6, 6.07) is 0.628. The molecule has 4 unspecified atom stereocenters. The Kier molecular flexibility index (Phi) is 6.15. The third kappa shape index (κ3) is 3.53. The van der Waals surface area contributed by atoms with Gasteiger partial charge in [0.05, 0.1) is 16.9 Å². The maximum atomic E-state index is 13.4. The largest absolute Gasteiger partial charge is 0.364 e. The van der Waals surface area contributed by atoms with Crippen molar-refractivity contribution in [2.45, 2.75) is 70.2 Å². The molecule has 0 aromatic carbocycles. The quantitative estimate of drug-likeness (QED) is 0.643. The molecule has 7 heteroatoms. The first kappa shape index (κ1) is 21.2. The van der Waals surface area contributed by atoms with Crippen molar-refractivity contribution < 1.29 is 4.58 Å². The number of thioether (sulfide) groups is 2. The summed E-state index contributed by atoms with van der Waals surface area (Å²) in [4.78, 5) is 15.9. The third-order valence-electron chi connectivity index (χ3n) is 7.61. The molecule has 2 aliphatic heterocycles. The van der Waals surface area contributed by atoms with Crippen LogP contribution in [-0.2, 0) is 6.54 Å². The zero-order valence-corrected chi connectivity index (χ0v) is 20.9. The van der Waals surface area contributed by atoms with Gasteiger partial charge in [-0.1, -0.05) is 31.0 Å². The molecule has 0 N–H and O–H groups in total. The van der Waals surface area contributed by atoms with Gasteiger partial charge in [-0.25, -0.2) is 4.58 Å². The molecule has 1 saturated heterocycles. The minimum absolute atomic E-state index is 0.216. The first-order chi connectivity index (χ1) is 14.6. The van der Waals surface area contributed by atoms with Crippen LogP contribution in [0, 0.1) is 11.8 Å². The van der Waals surface area contributed by atoms with E-state index in [4.69, 9.17) is 0 Å². The number of nitrogens with zero attached hydrogens (tertiary/aromatic N) is 3. The summed E-state index contributed by atoms with van der Waals surface area (Å²) >= 11 is 5.65. The fraction of sp³-hybridized carbons (Fsp3) is 0.739. The second kappa shape index (κ2) is 8.70. The molecule has 5 rings (SSSR count). The molecule has 30 heavy (non-hydrogen) atoms. The van der Waals surface area contributed by atoms with Crippen molar-refractivity contribution in [3.63, 3.8) is 0 Å². The number of fused-ring (bicyclic) bond motifs is 3. The summed E-state index contributed by atoms with van der Waals surface area (Å²) in [6.45, 7) is 7.21. The van der Waals surface area contributed by atoms with Gasteiger partial charge in [-0.2, -0.15) is 0 Å². The lowest BCUT2D eigenvalue weighted by Gasteiger charge is -2.44. The fourth-order valence-electron chi connectivity index (χ4n) is 6.09. The van der Waals surface area contributed by atoms with Crippen molar-refractivity contribution in [2.75, 3.05) is 25.9 Å². The van der Waals surface area contributed by atoms with Gasteiger partial charge in [-0.3, -0.25) is 9.36 Å². The average molecular weight is 465 g/mol. The molecule has 1 aromatic heterocycles. The highest BCUT2D eigenvalue weighted by Crippen LogP contribution is 2.52. The molecule has 0 bridgehead atoms. The molecular weight excluding hydrogens is 430 g/mol. The molecule has 1 aromatic rings. The maximum absolute atomic E-state index is 13.4. The van der Waals surface area contributed by atoms with E-state index in [-0.39, 0.29) is 5.56 Å². The Morgan fingerprint density at radius 3 is 2.80 bits per heavy atom. The summed E-state index contributed by atoms with van der Waals surface area (Å²) in [5.74, 6) is 2.89. The Morgan fingerprint density at radius 2 is 2.00 bits per heavy atom. The van der Waals surface area contributed by atoms with Crippen molar-refractivity contribution in [1.29, 1.82) is 0 Å². The molecule has 4 aliphatic rings. The van der Waals surface area contributed by atoms with Gasteiger partial charge in [0.15, 0.2) is 6.54 Å². The lowest BCUT2D eigenvalue weighted by atomic mass is 9.68. The highest BCUT2D eigenvalue weighted by Gasteiger charge is 2.47. The molecule has 0 radical (unpaired) electrons. The van der Waals surface area contributed by atoms with Crippen LogP contribution in [0.25, 0.3) is 11.1 Å². The van der Waals surface area contributed by atoms with Gasteiger partial charge in [-0.05, 0) is 44.9 Å². The fourth-order valence-corrected chi connectivity index (χ4v) is 10.2. The Bertz CT molecular complexity index is 1020. The molecule has 0 amide bonds. The van der Waals surface area contributed by atoms with E-state index < -0.39 is 0 Å². The van der Waals surface area contributed by atoms with Crippen LogP contribution >= 0.6 is 34.9 Å². The summed E-state index contributed by atoms with van der Waals surface area (Å²) in [7, 11) is 2.27. The average Bonchev–Trinajstić information content (AvgIpc) is 3.44. The van der Waals surface area contributed by atoms with Crippen molar-refractivity contribution in [1.82, 2.24) is 9.47 Å². The summed E-state index contributed by atoms with van der Waals surface area (Å²) in [6.07, 6.45) is 10.6. The number of aromatic nitrogens is 1. The molecule has 0 spiro atoms. The molecule has 164 valence electrons. The number of rotatable bonds is 3. The predicted molar refractivity (Wildman–Crippen MR) is 132 cm³/mol. The van der Waals surface area contributed by atoms with Crippen LogP contribution in [0.1, 0.15) is 52.4 Å². The molecule has 3 fully saturated rings. The Labute approximate surface area is 192 Å². The Hall–Kier alpha value is -0.660. The molecule has 4 atom stereocenters. The van der Waals surface area contributed by atoms with E-state index in [0.717, 1.165) is 46.4 Å². The first-order valence-electron chi connectivity index (χ1n) is 11.7. The third-order valence-corrected chi connectivity index (χ3v) is 11.5. The zero-order valence-electron chi connectivity index (χ0n) is 18.4. The topological polar surface area (TPSA) is 28.2 Å². The monoisotopic (exact) mass is 464 g/mol. The van der Waals surface area contributed by atoms with Gasteiger partial charge in [0.25, 0.3) is 5.56 Å². The molecule has 2 saturated carbocycles. The van der Waals surface area contributed by atoms with Gasteiger partial charge in [0.2, 0.25) is 5.04 Å². The van der Waals surface area contributed by atoms with E-state index in [1.165, 1.54) is 48.6 Å². The first-order valence-corrected chi connectivity index (χ1v) is 14.4. The van der Waals surface area contributed by atoms with Crippen LogP contribution in [0.5, 0.6) is 0 Å². The van der Waals surface area contributed by atoms with Crippen molar-refractivity contribution >= 4 is 51.0 Å². The van der Waals surface area contributed by atoms with Gasteiger partial charge >= 0.3 is 0 Å². The lowest BCUT2D eigenvalue weighted by Crippen LogP contribution is -2.47. The summed E-state index contributed by atoms with van der Waals surface area (Å²) < 4.78 is 6.51. The van der Waals surface area contributed by atoms with Crippen LogP contribution in [0.2, 0.25) is 0 Å². The van der Waals surface area contributed by atoms with Gasteiger partial charge in [0, 0.05) is 24.9 Å². The highest BCUT2D eigenvalue weighted by molar-refractivity contribution is 8.14. The Balaban J connectivity index is 1.59. The summed E-state index contributed by atoms with van der Waals surface area (Å²) in [5, 5.41) is 3.25. The van der Waals surface area contributed by atoms with Crippen LogP contribution in [0.4, 0.5) is 0 Å². The van der Waals surface area contributed by atoms with Gasteiger partial charge in [-0.15, -0.1) is 23.1 Å². The summed E-state index contributed by atoms with van der Waals surface area (Å²) in [5.41, 5.74) is 0.216. The maximum Gasteiger partial charge on any atom is 0.271 e. The number of hydrogen-bond acceptors (Lipinski definition) is 5. The molecule has 4 nitrogen and oxygen atoms in total. The van der Waals surface area contributed by atoms with Gasteiger partial charge in [0.1, 0.15) is 15.7 Å².